The van der Waals surface area contributed by atoms with E-state index in [0.717, 1.165) is 5.56 Å². The molecule has 0 heterocycles. The van der Waals surface area contributed by atoms with E-state index < -0.39 is 41.7 Å². The van der Waals surface area contributed by atoms with Crippen LogP contribution in [0.5, 0.6) is 23.0 Å². The minimum absolute atomic E-state index is 0.144. The Labute approximate surface area is 196 Å². The van der Waals surface area contributed by atoms with E-state index in [1.165, 1.54) is 39.3 Å². The molecule has 0 fully saturated rings. The van der Waals surface area contributed by atoms with E-state index in [1.54, 1.807) is 18.2 Å². The molecule has 0 spiro atoms. The number of carbonyl (C=O) groups excluding carboxylic acids is 2. The van der Waals surface area contributed by atoms with Crippen LogP contribution in [0.25, 0.3) is 0 Å². The van der Waals surface area contributed by atoms with Crippen LogP contribution in [0.2, 0.25) is 0 Å². The van der Waals surface area contributed by atoms with Gasteiger partial charge in [-0.3, -0.25) is 9.59 Å². The molecule has 0 aromatic heterocycles. The monoisotopic (exact) mass is 475 g/mol. The number of carboxylic acids is 1. The molecule has 3 atom stereocenters. The van der Waals surface area contributed by atoms with Gasteiger partial charge in [-0.25, -0.2) is 4.79 Å². The summed E-state index contributed by atoms with van der Waals surface area (Å²) in [5.74, 6) is -2.34. The molecule has 0 aliphatic heterocycles. The Hall–Kier alpha value is -3.99. The maximum atomic E-state index is 12.5. The first-order valence-corrected chi connectivity index (χ1v) is 10.4. The van der Waals surface area contributed by atoms with Crippen LogP contribution in [0, 0.1) is 0 Å². The number of benzene rings is 2. The lowest BCUT2D eigenvalue weighted by atomic mass is 10.0. The molecule has 0 radical (unpaired) electrons. The van der Waals surface area contributed by atoms with E-state index >= 15 is 0 Å². The SMILES string of the molecule is COc1ccc(C[C@H](N)C(=O)N[C@H](C)C(=O)N[C@@H](Cc2ccc(O)c(O)c2)C(=O)O)cc1OC. The standard InChI is InChI=1S/C23H29N3O8/c1-12(21(29)26-16(23(31)32)9-14-4-6-17(27)18(28)10-14)25-22(30)15(24)8-13-5-7-19(33-2)20(11-13)34-3/h4-7,10-12,15-16,27-28H,8-9,24H2,1-3H3,(H,25,30)(H,26,29)(H,31,32)/t12-,15+,16+/m1/s1. The van der Waals surface area contributed by atoms with Gasteiger partial charge in [0, 0.05) is 6.42 Å². The molecule has 11 nitrogen and oxygen atoms in total. The third kappa shape index (κ3) is 7.01. The highest BCUT2D eigenvalue weighted by molar-refractivity contribution is 5.91. The number of ether oxygens (including phenoxy) is 2. The molecule has 34 heavy (non-hydrogen) atoms. The topological polar surface area (TPSA) is 180 Å². The summed E-state index contributed by atoms with van der Waals surface area (Å²) in [6, 6.07) is 5.62. The number of nitrogens with two attached hydrogens (primary N) is 1. The second-order valence-corrected chi connectivity index (χ2v) is 7.66. The van der Waals surface area contributed by atoms with E-state index in [4.69, 9.17) is 15.2 Å². The number of rotatable bonds is 11. The normalized spacial score (nSPS) is 13.3. The molecule has 7 N–H and O–H groups in total. The molecule has 0 bridgehead atoms. The molecule has 2 amide bonds. The van der Waals surface area contributed by atoms with E-state index in [9.17, 15) is 29.7 Å². The van der Waals surface area contributed by atoms with E-state index in [2.05, 4.69) is 10.6 Å². The van der Waals surface area contributed by atoms with Gasteiger partial charge in [0.2, 0.25) is 11.8 Å². The fourth-order valence-corrected chi connectivity index (χ4v) is 3.17. The molecule has 11 heteroatoms. The maximum Gasteiger partial charge on any atom is 0.326 e. The molecule has 0 aliphatic rings. The average molecular weight is 475 g/mol. The van der Waals surface area contributed by atoms with Crippen LogP contribution in [-0.4, -0.2) is 65.4 Å². The highest BCUT2D eigenvalue weighted by Gasteiger charge is 2.26. The number of carbonyl (C=O) groups is 3. The van der Waals surface area contributed by atoms with E-state index in [-0.39, 0.29) is 18.6 Å². The fourth-order valence-electron chi connectivity index (χ4n) is 3.17. The third-order valence-electron chi connectivity index (χ3n) is 5.09. The molecule has 2 aromatic carbocycles. The molecule has 0 unspecified atom stereocenters. The van der Waals surface area contributed by atoms with Gasteiger partial charge >= 0.3 is 5.97 Å². The summed E-state index contributed by atoms with van der Waals surface area (Å²) in [5, 5.41) is 33.2. The Bertz CT molecular complexity index is 1040. The number of carboxylic acid groups (broad SMARTS) is 1. The summed E-state index contributed by atoms with van der Waals surface area (Å²) in [7, 11) is 3.00. The summed E-state index contributed by atoms with van der Waals surface area (Å²) >= 11 is 0. The number of aromatic hydroxyl groups is 2. The van der Waals surface area contributed by atoms with Crippen LogP contribution < -0.4 is 25.8 Å². The van der Waals surface area contributed by atoms with Crippen LogP contribution in [0.4, 0.5) is 0 Å². The molecule has 2 rings (SSSR count). The highest BCUT2D eigenvalue weighted by Crippen LogP contribution is 2.28. The molecule has 0 saturated heterocycles. The molecule has 184 valence electrons. The first-order chi connectivity index (χ1) is 16.0. The van der Waals surface area contributed by atoms with E-state index in [1.807, 2.05) is 0 Å². The fraction of sp³-hybridized carbons (Fsp3) is 0.348. The Morgan fingerprint density at radius 2 is 1.50 bits per heavy atom. The Kier molecular flexibility index (Phi) is 9.08. The summed E-state index contributed by atoms with van der Waals surface area (Å²) in [6.07, 6.45) is 0.0248. The zero-order valence-corrected chi connectivity index (χ0v) is 19.1. The van der Waals surface area contributed by atoms with Crippen molar-refractivity contribution in [2.45, 2.75) is 37.9 Å². The zero-order valence-electron chi connectivity index (χ0n) is 19.1. The largest absolute Gasteiger partial charge is 0.504 e. The summed E-state index contributed by atoms with van der Waals surface area (Å²) in [5.41, 5.74) is 7.09. The quantitative estimate of drug-likeness (QED) is 0.249. The van der Waals surface area contributed by atoms with Gasteiger partial charge in [-0.2, -0.15) is 0 Å². The maximum absolute atomic E-state index is 12.5. The van der Waals surface area contributed by atoms with Gasteiger partial charge in [0.1, 0.15) is 12.1 Å². The molecule has 0 aliphatic carbocycles. The predicted octanol–water partition coefficient (Wildman–Crippen LogP) is 0.302. The van der Waals surface area contributed by atoms with Crippen LogP contribution in [0.15, 0.2) is 36.4 Å². The molecule has 2 aromatic rings. The number of methoxy groups -OCH3 is 2. The van der Waals surface area contributed by atoms with Gasteiger partial charge in [-0.15, -0.1) is 0 Å². The van der Waals surface area contributed by atoms with Crippen molar-refractivity contribution in [3.05, 3.63) is 47.5 Å². The van der Waals surface area contributed by atoms with Crippen molar-refractivity contribution in [2.24, 2.45) is 5.73 Å². The lowest BCUT2D eigenvalue weighted by molar-refractivity contribution is -0.142. The minimum atomic E-state index is -1.32. The molecular weight excluding hydrogens is 446 g/mol. The van der Waals surface area contributed by atoms with Gasteiger partial charge in [-0.05, 0) is 48.7 Å². The lowest BCUT2D eigenvalue weighted by Crippen LogP contribution is -2.54. The number of nitrogens with one attached hydrogen (secondary N) is 2. The van der Waals surface area contributed by atoms with Gasteiger partial charge in [0.05, 0.1) is 20.3 Å². The number of hydrogen-bond donors (Lipinski definition) is 6. The highest BCUT2D eigenvalue weighted by atomic mass is 16.5. The van der Waals surface area contributed by atoms with Crippen molar-refractivity contribution in [3.63, 3.8) is 0 Å². The van der Waals surface area contributed by atoms with Crippen molar-refractivity contribution in [2.75, 3.05) is 14.2 Å². The van der Waals surface area contributed by atoms with Crippen LogP contribution in [-0.2, 0) is 27.2 Å². The van der Waals surface area contributed by atoms with Crippen molar-refractivity contribution in [1.82, 2.24) is 10.6 Å². The van der Waals surface area contributed by atoms with Gasteiger partial charge in [0.25, 0.3) is 0 Å². The Morgan fingerprint density at radius 3 is 2.09 bits per heavy atom. The lowest BCUT2D eigenvalue weighted by Gasteiger charge is -2.20. The number of phenols is 2. The molecule has 0 saturated carbocycles. The van der Waals surface area contributed by atoms with Gasteiger partial charge < -0.3 is 41.2 Å². The average Bonchev–Trinajstić information content (AvgIpc) is 2.80. The number of phenolic OH excluding ortho intramolecular Hbond substituents is 2. The van der Waals surface area contributed by atoms with Crippen molar-refractivity contribution in [1.29, 1.82) is 0 Å². The smallest absolute Gasteiger partial charge is 0.326 e. The van der Waals surface area contributed by atoms with Crippen LogP contribution in [0.3, 0.4) is 0 Å². The molecular formula is C23H29N3O8. The van der Waals surface area contributed by atoms with Crippen molar-refractivity contribution in [3.8, 4) is 23.0 Å². The Balaban J connectivity index is 1.96. The number of hydrogen-bond acceptors (Lipinski definition) is 8. The third-order valence-corrected chi connectivity index (χ3v) is 5.09. The summed E-state index contributed by atoms with van der Waals surface area (Å²) in [6.45, 7) is 1.40. The second kappa shape index (κ2) is 11.8. The zero-order chi connectivity index (χ0) is 25.4. The number of amides is 2. The first-order valence-electron chi connectivity index (χ1n) is 10.4. The number of aliphatic carboxylic acids is 1. The predicted molar refractivity (Wildman–Crippen MR) is 122 cm³/mol. The van der Waals surface area contributed by atoms with Crippen LogP contribution in [0.1, 0.15) is 18.1 Å². The van der Waals surface area contributed by atoms with Crippen molar-refractivity contribution >= 4 is 17.8 Å². The van der Waals surface area contributed by atoms with Gasteiger partial charge in [0.15, 0.2) is 23.0 Å². The summed E-state index contributed by atoms with van der Waals surface area (Å²) < 4.78 is 10.4. The Morgan fingerprint density at radius 1 is 0.882 bits per heavy atom. The summed E-state index contributed by atoms with van der Waals surface area (Å²) in [4.78, 5) is 36.6. The first kappa shape index (κ1) is 26.3. The van der Waals surface area contributed by atoms with Crippen LogP contribution >= 0.6 is 0 Å². The second-order valence-electron chi connectivity index (χ2n) is 7.66. The van der Waals surface area contributed by atoms with E-state index in [0.29, 0.717) is 17.1 Å². The van der Waals surface area contributed by atoms with Crippen molar-refractivity contribution < 1.29 is 39.2 Å². The minimum Gasteiger partial charge on any atom is -0.504 e. The van der Waals surface area contributed by atoms with Gasteiger partial charge in [-0.1, -0.05) is 12.1 Å².